The maximum absolute atomic E-state index is 13.1. The fourth-order valence-electron chi connectivity index (χ4n) is 6.87. The Labute approximate surface area is 220 Å². The number of carbonyl (C=O) groups is 4. The van der Waals surface area contributed by atoms with Crippen LogP contribution in [0.4, 0.5) is 0 Å². The van der Waals surface area contributed by atoms with Gasteiger partial charge in [-0.1, -0.05) is 25.2 Å². The summed E-state index contributed by atoms with van der Waals surface area (Å²) in [7, 11) is 0. The van der Waals surface area contributed by atoms with Crippen molar-refractivity contribution in [3.05, 3.63) is 24.3 Å². The normalized spacial score (nSPS) is 46.5. The summed E-state index contributed by atoms with van der Waals surface area (Å²) in [5.41, 5.74) is -3.99. The van der Waals surface area contributed by atoms with Crippen LogP contribution in [0.25, 0.3) is 0 Å². The second kappa shape index (κ2) is 9.10. The molecule has 3 aliphatic heterocycles. The molecule has 0 aromatic carbocycles. The van der Waals surface area contributed by atoms with Crippen molar-refractivity contribution in [2.45, 2.75) is 95.1 Å². The van der Waals surface area contributed by atoms with Crippen LogP contribution in [0.2, 0.25) is 0 Å². The Hall–Kier alpha value is -2.43. The van der Waals surface area contributed by atoms with Crippen LogP contribution in [-0.4, -0.2) is 76.1 Å². The van der Waals surface area contributed by atoms with Gasteiger partial charge in [-0.15, -0.1) is 11.6 Å². The van der Waals surface area contributed by atoms with Gasteiger partial charge in [0.1, 0.15) is 6.10 Å². The van der Waals surface area contributed by atoms with E-state index in [1.807, 2.05) is 0 Å². The molecule has 11 atom stereocenters. The topological polar surface area (TPSA) is 135 Å². The third-order valence-electron chi connectivity index (χ3n) is 8.32. The third kappa shape index (κ3) is 3.99. The summed E-state index contributed by atoms with van der Waals surface area (Å²) in [5, 5.41) is 10.4. The van der Waals surface area contributed by atoms with E-state index >= 15 is 0 Å². The van der Waals surface area contributed by atoms with E-state index in [2.05, 4.69) is 6.58 Å². The van der Waals surface area contributed by atoms with Crippen molar-refractivity contribution < 1.29 is 48.0 Å². The molecule has 0 saturated carbocycles. The summed E-state index contributed by atoms with van der Waals surface area (Å²) in [6.07, 6.45) is -2.27. The van der Waals surface area contributed by atoms with Gasteiger partial charge in [0, 0.05) is 26.2 Å². The van der Waals surface area contributed by atoms with Crippen molar-refractivity contribution in [2.75, 3.05) is 0 Å². The summed E-state index contributed by atoms with van der Waals surface area (Å²) in [6, 6.07) is 0. The van der Waals surface area contributed by atoms with Crippen LogP contribution in [0.1, 0.15) is 48.0 Å². The number of hydrogen-bond acceptors (Lipinski definition) is 10. The number of alkyl halides is 1. The number of aliphatic hydroxyl groups is 1. The molecule has 0 aromatic rings. The van der Waals surface area contributed by atoms with E-state index in [9.17, 15) is 24.3 Å². The van der Waals surface area contributed by atoms with Gasteiger partial charge in [-0.05, 0) is 26.3 Å². The van der Waals surface area contributed by atoms with Crippen LogP contribution in [0, 0.1) is 17.3 Å². The SMILES string of the molecule is C=C1C[C@@H](O)[C@H]2O[C@@]3([C@H](OC(C)=O)[C@@H]4[C@]2(C)C=C[C@@H](OC(C)=O)[C@]4(C)OC(C)=O)[C@H](OC(=O)[C@@H]3C)[C@H]1Cl. The first-order valence-corrected chi connectivity index (χ1v) is 12.6. The van der Waals surface area contributed by atoms with E-state index in [4.69, 9.17) is 35.3 Å². The van der Waals surface area contributed by atoms with Crippen molar-refractivity contribution in [1.29, 1.82) is 0 Å². The quantitative estimate of drug-likeness (QED) is 0.245. The van der Waals surface area contributed by atoms with Crippen LogP contribution in [0.5, 0.6) is 0 Å². The maximum Gasteiger partial charge on any atom is 0.312 e. The van der Waals surface area contributed by atoms with Gasteiger partial charge in [0.25, 0.3) is 0 Å². The smallest absolute Gasteiger partial charge is 0.312 e. The summed E-state index contributed by atoms with van der Waals surface area (Å²) < 4.78 is 29.8. The standard InChI is InChI=1S/C26H33ClO10/c1-11-10-16(31)20-24(6)9-8-17(33-13(3)28)25(7,36-15(5)30)19(24)22(34-14(4)29)26(37-20)12(2)23(32)35-21(26)18(11)27/h8-9,12,16-22,31H,1,10H2,2-7H3/t12-,16+,17+,18-,19+,20+,21+,22+,24-,25-,26+/m0/s1. The number of hydrogen-bond donors (Lipinski definition) is 1. The Morgan fingerprint density at radius 3 is 2.30 bits per heavy atom. The Balaban J connectivity index is 2.06. The molecule has 3 saturated heterocycles. The van der Waals surface area contributed by atoms with Crippen LogP contribution in [-0.2, 0) is 42.9 Å². The monoisotopic (exact) mass is 540 g/mol. The largest absolute Gasteiger partial charge is 0.459 e. The van der Waals surface area contributed by atoms with Gasteiger partial charge in [0.15, 0.2) is 23.4 Å². The lowest BCUT2D eigenvalue weighted by Crippen LogP contribution is -2.78. The predicted octanol–water partition coefficient (Wildman–Crippen LogP) is 1.99. The Bertz CT molecular complexity index is 1070. The molecule has 4 aliphatic rings. The second-order valence-corrected chi connectivity index (χ2v) is 11.3. The number of ether oxygens (including phenoxy) is 5. The molecule has 3 fully saturated rings. The van der Waals surface area contributed by atoms with Gasteiger partial charge in [0.05, 0.1) is 29.4 Å². The van der Waals surface area contributed by atoms with E-state index < -0.39 is 88.2 Å². The lowest BCUT2D eigenvalue weighted by molar-refractivity contribution is -0.329. The van der Waals surface area contributed by atoms with Crippen molar-refractivity contribution in [2.24, 2.45) is 17.3 Å². The van der Waals surface area contributed by atoms with Crippen molar-refractivity contribution in [3.63, 3.8) is 0 Å². The fourth-order valence-corrected chi connectivity index (χ4v) is 7.21. The summed E-state index contributed by atoms with van der Waals surface area (Å²) in [6.45, 7) is 12.6. The first-order chi connectivity index (χ1) is 17.1. The molecule has 10 nitrogen and oxygen atoms in total. The zero-order chi connectivity index (χ0) is 27.7. The van der Waals surface area contributed by atoms with Crippen LogP contribution in [0.15, 0.2) is 24.3 Å². The number of esters is 4. The van der Waals surface area contributed by atoms with Crippen LogP contribution >= 0.6 is 11.6 Å². The molecule has 37 heavy (non-hydrogen) atoms. The van der Waals surface area contributed by atoms with E-state index in [0.29, 0.717) is 5.57 Å². The molecule has 0 aromatic heterocycles. The van der Waals surface area contributed by atoms with Crippen LogP contribution in [0.3, 0.4) is 0 Å². The second-order valence-electron chi connectivity index (χ2n) is 10.8. The fraction of sp³-hybridized carbons (Fsp3) is 0.692. The van der Waals surface area contributed by atoms with Gasteiger partial charge in [-0.25, -0.2) is 0 Å². The highest BCUT2D eigenvalue weighted by atomic mass is 35.5. The minimum absolute atomic E-state index is 0.0450. The van der Waals surface area contributed by atoms with Crippen molar-refractivity contribution in [1.82, 2.24) is 0 Å². The van der Waals surface area contributed by atoms with Crippen LogP contribution < -0.4 is 0 Å². The Kier molecular flexibility index (Phi) is 6.79. The van der Waals surface area contributed by atoms with Gasteiger partial charge in [-0.3, -0.25) is 19.2 Å². The molecule has 0 amide bonds. The molecular weight excluding hydrogens is 508 g/mol. The molecule has 204 valence electrons. The highest BCUT2D eigenvalue weighted by molar-refractivity contribution is 6.23. The number of halogens is 1. The van der Waals surface area contributed by atoms with Gasteiger partial charge < -0.3 is 28.8 Å². The van der Waals surface area contributed by atoms with E-state index in [1.165, 1.54) is 20.8 Å². The summed E-state index contributed by atoms with van der Waals surface area (Å²) in [5.74, 6) is -4.57. The minimum Gasteiger partial charge on any atom is -0.459 e. The Morgan fingerprint density at radius 2 is 1.73 bits per heavy atom. The van der Waals surface area contributed by atoms with E-state index in [0.717, 1.165) is 0 Å². The molecule has 0 radical (unpaired) electrons. The lowest BCUT2D eigenvalue weighted by Gasteiger charge is -2.64. The zero-order valence-corrected chi connectivity index (χ0v) is 22.4. The van der Waals surface area contributed by atoms with Gasteiger partial charge >= 0.3 is 23.9 Å². The van der Waals surface area contributed by atoms with Crippen molar-refractivity contribution >= 4 is 35.5 Å². The molecule has 2 bridgehead atoms. The lowest BCUT2D eigenvalue weighted by atomic mass is 9.51. The average molecular weight is 541 g/mol. The number of carbonyl (C=O) groups excluding carboxylic acids is 4. The van der Waals surface area contributed by atoms with Gasteiger partial charge in [0.2, 0.25) is 0 Å². The molecular formula is C26H33ClO10. The number of aliphatic hydroxyl groups excluding tert-OH is 1. The molecule has 0 unspecified atom stereocenters. The number of rotatable bonds is 3. The predicted molar refractivity (Wildman–Crippen MR) is 128 cm³/mol. The van der Waals surface area contributed by atoms with Gasteiger partial charge in [-0.2, -0.15) is 0 Å². The molecule has 1 N–H and O–H groups in total. The molecule has 4 rings (SSSR count). The molecule has 3 heterocycles. The first kappa shape index (κ1) is 27.6. The molecule has 1 aliphatic carbocycles. The summed E-state index contributed by atoms with van der Waals surface area (Å²) in [4.78, 5) is 50.1. The first-order valence-electron chi connectivity index (χ1n) is 12.2. The summed E-state index contributed by atoms with van der Waals surface area (Å²) >= 11 is 6.77. The van der Waals surface area contributed by atoms with Crippen molar-refractivity contribution in [3.8, 4) is 0 Å². The van der Waals surface area contributed by atoms with E-state index in [1.54, 1.807) is 32.9 Å². The highest BCUT2D eigenvalue weighted by Crippen LogP contribution is 2.62. The third-order valence-corrected chi connectivity index (χ3v) is 8.86. The minimum atomic E-state index is -1.68. The molecule has 11 heteroatoms. The number of fused-ring (bicyclic) bond motifs is 3. The average Bonchev–Trinajstić information content (AvgIpc) is 3.01. The molecule has 1 spiro atoms. The maximum atomic E-state index is 13.1. The highest BCUT2D eigenvalue weighted by Gasteiger charge is 2.77. The van der Waals surface area contributed by atoms with E-state index in [-0.39, 0.29) is 6.42 Å². The Morgan fingerprint density at radius 1 is 1.11 bits per heavy atom. The zero-order valence-electron chi connectivity index (χ0n) is 21.7.